The van der Waals surface area contributed by atoms with Gasteiger partial charge in [0, 0.05) is 18.7 Å². The third kappa shape index (κ3) is 1.79. The summed E-state index contributed by atoms with van der Waals surface area (Å²) in [5.74, 6) is 0. The molecule has 0 spiro atoms. The first-order valence-electron chi connectivity index (χ1n) is 4.86. The van der Waals surface area contributed by atoms with E-state index in [2.05, 4.69) is 9.55 Å². The van der Waals surface area contributed by atoms with Gasteiger partial charge in [-0.15, -0.1) is 0 Å². The Bertz CT molecular complexity index is 287. The molecule has 1 fully saturated rings. The van der Waals surface area contributed by atoms with Gasteiger partial charge in [-0.25, -0.2) is 4.98 Å². The summed E-state index contributed by atoms with van der Waals surface area (Å²) in [6.07, 6.45) is 10.4. The molecule has 0 radical (unpaired) electrons. The maximum Gasteiger partial charge on any atom is 0.125 e. The van der Waals surface area contributed by atoms with Crippen LogP contribution in [0.3, 0.4) is 0 Å². The predicted octanol–water partition coefficient (Wildman–Crippen LogP) is 1.74. The van der Waals surface area contributed by atoms with Gasteiger partial charge < -0.3 is 9.36 Å². The highest BCUT2D eigenvalue weighted by Crippen LogP contribution is 2.29. The number of aromatic nitrogens is 2. The van der Waals surface area contributed by atoms with E-state index in [1.165, 1.54) is 25.7 Å². The molecule has 1 aliphatic rings. The molecule has 1 aromatic heterocycles. The van der Waals surface area contributed by atoms with Crippen molar-refractivity contribution in [2.45, 2.75) is 38.1 Å². The van der Waals surface area contributed by atoms with Crippen LogP contribution >= 0.6 is 0 Å². The first kappa shape index (κ1) is 8.48. The summed E-state index contributed by atoms with van der Waals surface area (Å²) in [4.78, 5) is 14.4. The molecule has 0 atom stereocenters. The average Bonchev–Trinajstić information content (AvgIpc) is 2.70. The van der Waals surface area contributed by atoms with E-state index in [4.69, 9.17) is 0 Å². The van der Waals surface area contributed by atoms with Crippen LogP contribution in [0.15, 0.2) is 12.5 Å². The molecule has 3 nitrogen and oxygen atoms in total. The molecular weight excluding hydrogens is 164 g/mol. The third-order valence-corrected chi connectivity index (χ3v) is 2.69. The minimum atomic E-state index is 0.444. The molecule has 70 valence electrons. The quantitative estimate of drug-likeness (QED) is 0.661. The number of rotatable bonds is 3. The van der Waals surface area contributed by atoms with Crippen LogP contribution < -0.4 is 0 Å². The number of hydrogen-bond donors (Lipinski definition) is 0. The third-order valence-electron chi connectivity index (χ3n) is 2.69. The maximum absolute atomic E-state index is 10.3. The molecule has 1 aromatic rings. The Kier molecular flexibility index (Phi) is 2.43. The average molecular weight is 178 g/mol. The van der Waals surface area contributed by atoms with Crippen LogP contribution in [0, 0.1) is 0 Å². The lowest BCUT2D eigenvalue weighted by atomic mass is 10.2. The first-order valence-corrected chi connectivity index (χ1v) is 4.86. The van der Waals surface area contributed by atoms with Gasteiger partial charge in [0.15, 0.2) is 0 Å². The monoisotopic (exact) mass is 178 g/mol. The van der Waals surface area contributed by atoms with E-state index in [0.717, 1.165) is 12.0 Å². The highest BCUT2D eigenvalue weighted by atomic mass is 16.1. The molecule has 1 aliphatic carbocycles. The van der Waals surface area contributed by atoms with E-state index in [-0.39, 0.29) is 0 Å². The van der Waals surface area contributed by atoms with E-state index in [1.54, 1.807) is 0 Å². The first-order chi connectivity index (χ1) is 6.40. The van der Waals surface area contributed by atoms with Crippen LogP contribution in [-0.2, 0) is 11.2 Å². The van der Waals surface area contributed by atoms with Crippen LogP contribution in [0.25, 0.3) is 0 Å². The fourth-order valence-corrected chi connectivity index (χ4v) is 1.97. The molecule has 0 aromatic carbocycles. The lowest BCUT2D eigenvalue weighted by Gasteiger charge is -2.09. The van der Waals surface area contributed by atoms with Crippen molar-refractivity contribution in [2.75, 3.05) is 0 Å². The largest absolute Gasteiger partial charge is 0.334 e. The van der Waals surface area contributed by atoms with Crippen LogP contribution in [0.4, 0.5) is 0 Å². The summed E-state index contributed by atoms with van der Waals surface area (Å²) in [6.45, 7) is 0. The van der Waals surface area contributed by atoms with Gasteiger partial charge in [-0.1, -0.05) is 12.8 Å². The molecule has 2 rings (SSSR count). The Balaban J connectivity index is 2.07. The van der Waals surface area contributed by atoms with Gasteiger partial charge in [-0.05, 0) is 12.8 Å². The number of nitrogens with zero attached hydrogens (tertiary/aromatic N) is 2. The lowest BCUT2D eigenvalue weighted by molar-refractivity contribution is -0.107. The van der Waals surface area contributed by atoms with Crippen LogP contribution in [-0.4, -0.2) is 15.8 Å². The Morgan fingerprint density at radius 3 is 3.00 bits per heavy atom. The van der Waals surface area contributed by atoms with Gasteiger partial charge in [0.1, 0.15) is 6.29 Å². The van der Waals surface area contributed by atoms with Crippen LogP contribution in [0.5, 0.6) is 0 Å². The second-order valence-corrected chi connectivity index (χ2v) is 3.62. The van der Waals surface area contributed by atoms with Gasteiger partial charge >= 0.3 is 0 Å². The highest BCUT2D eigenvalue weighted by molar-refractivity contribution is 5.53. The van der Waals surface area contributed by atoms with E-state index in [0.29, 0.717) is 12.5 Å². The Hall–Kier alpha value is -1.12. The summed E-state index contributed by atoms with van der Waals surface area (Å²) < 4.78 is 2.16. The number of imidazole rings is 1. The zero-order chi connectivity index (χ0) is 9.10. The number of hydrogen-bond acceptors (Lipinski definition) is 2. The molecule has 13 heavy (non-hydrogen) atoms. The van der Waals surface area contributed by atoms with Crippen molar-refractivity contribution in [1.82, 2.24) is 9.55 Å². The SMILES string of the molecule is O=CCc1cn(C2CCCC2)cn1. The minimum Gasteiger partial charge on any atom is -0.334 e. The van der Waals surface area contributed by atoms with Gasteiger partial charge in [0.2, 0.25) is 0 Å². The molecule has 0 unspecified atom stereocenters. The summed E-state index contributed by atoms with van der Waals surface area (Å²) in [5.41, 5.74) is 0.891. The number of aldehydes is 1. The van der Waals surface area contributed by atoms with Gasteiger partial charge in [0.25, 0.3) is 0 Å². The van der Waals surface area contributed by atoms with Crippen molar-refractivity contribution in [3.05, 3.63) is 18.2 Å². The van der Waals surface area contributed by atoms with Gasteiger partial charge in [-0.2, -0.15) is 0 Å². The fraction of sp³-hybridized carbons (Fsp3) is 0.600. The zero-order valence-corrected chi connectivity index (χ0v) is 7.65. The Morgan fingerprint density at radius 1 is 1.54 bits per heavy atom. The second kappa shape index (κ2) is 3.73. The minimum absolute atomic E-state index is 0.444. The summed E-state index contributed by atoms with van der Waals surface area (Å²) in [6, 6.07) is 0.632. The summed E-state index contributed by atoms with van der Waals surface area (Å²) in [5, 5.41) is 0. The molecule has 1 heterocycles. The molecule has 0 saturated heterocycles. The molecule has 0 aliphatic heterocycles. The fourth-order valence-electron chi connectivity index (χ4n) is 1.97. The van der Waals surface area contributed by atoms with Crippen molar-refractivity contribution in [1.29, 1.82) is 0 Å². The van der Waals surface area contributed by atoms with E-state index in [1.807, 2.05) is 12.5 Å². The second-order valence-electron chi connectivity index (χ2n) is 3.62. The number of carbonyl (C=O) groups is 1. The Morgan fingerprint density at radius 2 is 2.31 bits per heavy atom. The topological polar surface area (TPSA) is 34.9 Å². The van der Waals surface area contributed by atoms with E-state index >= 15 is 0 Å². The van der Waals surface area contributed by atoms with Crippen molar-refractivity contribution in [3.63, 3.8) is 0 Å². The molecule has 0 bridgehead atoms. The molecule has 0 amide bonds. The zero-order valence-electron chi connectivity index (χ0n) is 7.65. The normalized spacial score (nSPS) is 17.8. The molecular formula is C10H14N2O. The lowest BCUT2D eigenvalue weighted by Crippen LogP contribution is -2.00. The predicted molar refractivity (Wildman–Crippen MR) is 49.5 cm³/mol. The van der Waals surface area contributed by atoms with Gasteiger partial charge in [0.05, 0.1) is 12.0 Å². The van der Waals surface area contributed by atoms with Gasteiger partial charge in [-0.3, -0.25) is 0 Å². The van der Waals surface area contributed by atoms with Crippen molar-refractivity contribution >= 4 is 6.29 Å². The number of carbonyl (C=O) groups excluding carboxylic acids is 1. The molecule has 1 saturated carbocycles. The van der Waals surface area contributed by atoms with Crippen LogP contribution in [0.2, 0.25) is 0 Å². The highest BCUT2D eigenvalue weighted by Gasteiger charge is 2.16. The van der Waals surface area contributed by atoms with Crippen molar-refractivity contribution in [2.24, 2.45) is 0 Å². The van der Waals surface area contributed by atoms with Crippen LogP contribution in [0.1, 0.15) is 37.4 Å². The van der Waals surface area contributed by atoms with E-state index < -0.39 is 0 Å². The molecule has 3 heteroatoms. The summed E-state index contributed by atoms with van der Waals surface area (Å²) in [7, 11) is 0. The molecule has 0 N–H and O–H groups in total. The van der Waals surface area contributed by atoms with E-state index in [9.17, 15) is 4.79 Å². The van der Waals surface area contributed by atoms with Crippen molar-refractivity contribution in [3.8, 4) is 0 Å². The standard InChI is InChI=1S/C10H14N2O/c13-6-5-9-7-12(8-11-9)10-3-1-2-4-10/h6-8,10H,1-5H2. The van der Waals surface area contributed by atoms with Crippen molar-refractivity contribution < 1.29 is 4.79 Å². The summed E-state index contributed by atoms with van der Waals surface area (Å²) >= 11 is 0. The maximum atomic E-state index is 10.3. The Labute approximate surface area is 77.8 Å². The smallest absolute Gasteiger partial charge is 0.125 e.